The zero-order valence-corrected chi connectivity index (χ0v) is 15.1. The molecule has 1 aromatic heterocycles. The van der Waals surface area contributed by atoms with Gasteiger partial charge in [-0.1, -0.05) is 51.6 Å². The van der Waals surface area contributed by atoms with Crippen LogP contribution in [0.25, 0.3) is 0 Å². The van der Waals surface area contributed by atoms with E-state index in [9.17, 15) is 13.5 Å². The zero-order valence-electron chi connectivity index (χ0n) is 12.7. The van der Waals surface area contributed by atoms with Gasteiger partial charge >= 0.3 is 0 Å². The maximum atomic E-state index is 12.4. The van der Waals surface area contributed by atoms with Crippen LogP contribution in [0.2, 0.25) is 4.34 Å². The molecule has 0 saturated carbocycles. The van der Waals surface area contributed by atoms with Crippen LogP contribution in [0, 0.1) is 5.92 Å². The summed E-state index contributed by atoms with van der Waals surface area (Å²) in [6.07, 6.45) is 2.56. The van der Waals surface area contributed by atoms with E-state index in [1.165, 1.54) is 6.07 Å². The van der Waals surface area contributed by atoms with Crippen molar-refractivity contribution in [3.63, 3.8) is 0 Å². The first-order valence-electron chi connectivity index (χ1n) is 7.27. The van der Waals surface area contributed by atoms with Gasteiger partial charge in [0.2, 0.25) is 10.0 Å². The third-order valence-electron chi connectivity index (χ3n) is 3.63. The van der Waals surface area contributed by atoms with Crippen molar-refractivity contribution in [3.8, 4) is 0 Å². The van der Waals surface area contributed by atoms with Gasteiger partial charge in [-0.3, -0.25) is 0 Å². The summed E-state index contributed by atoms with van der Waals surface area (Å²) < 4.78 is 28.0. The van der Waals surface area contributed by atoms with Crippen molar-refractivity contribution < 1.29 is 13.5 Å². The summed E-state index contributed by atoms with van der Waals surface area (Å²) >= 11 is 6.82. The lowest BCUT2D eigenvalue weighted by molar-refractivity contribution is 0.101. The van der Waals surface area contributed by atoms with E-state index >= 15 is 0 Å². The molecular formula is C14H24ClNO3S2. The molecule has 1 rings (SSSR count). The van der Waals surface area contributed by atoms with Crippen LogP contribution >= 0.6 is 22.9 Å². The molecule has 0 fully saturated rings. The van der Waals surface area contributed by atoms with Crippen LogP contribution in [0.5, 0.6) is 0 Å². The number of thiophene rings is 1. The minimum absolute atomic E-state index is 0.0575. The summed E-state index contributed by atoms with van der Waals surface area (Å²) in [5, 5.41) is 10.3. The second-order valence-corrected chi connectivity index (χ2v) is 8.96. The van der Waals surface area contributed by atoms with E-state index in [2.05, 4.69) is 4.72 Å². The molecule has 2 unspecified atom stereocenters. The lowest BCUT2D eigenvalue weighted by Crippen LogP contribution is -2.47. The van der Waals surface area contributed by atoms with E-state index in [4.69, 9.17) is 11.6 Å². The molecule has 0 bridgehead atoms. The number of hydrogen-bond acceptors (Lipinski definition) is 4. The first-order chi connectivity index (χ1) is 9.81. The van der Waals surface area contributed by atoms with Crippen LogP contribution in [-0.2, 0) is 10.0 Å². The topological polar surface area (TPSA) is 66.4 Å². The highest BCUT2D eigenvalue weighted by Gasteiger charge is 2.30. The number of sulfonamides is 1. The predicted molar refractivity (Wildman–Crippen MR) is 88.4 cm³/mol. The van der Waals surface area contributed by atoms with Crippen LogP contribution in [-0.4, -0.2) is 25.7 Å². The molecule has 2 N–H and O–H groups in total. The van der Waals surface area contributed by atoms with Gasteiger partial charge in [0, 0.05) is 0 Å². The number of unbranched alkanes of at least 4 members (excludes halogenated alkanes) is 1. The van der Waals surface area contributed by atoms with E-state index in [-0.39, 0.29) is 10.1 Å². The average molecular weight is 354 g/mol. The molecule has 122 valence electrons. The highest BCUT2D eigenvalue weighted by atomic mass is 35.5. The molecule has 0 spiro atoms. The Kier molecular flexibility index (Phi) is 7.64. The van der Waals surface area contributed by atoms with E-state index in [1.807, 2.05) is 20.8 Å². The molecule has 0 aromatic carbocycles. The molecule has 7 heteroatoms. The Balaban J connectivity index is 2.89. The highest BCUT2D eigenvalue weighted by Crippen LogP contribution is 2.27. The van der Waals surface area contributed by atoms with Gasteiger partial charge < -0.3 is 5.11 Å². The molecule has 0 radical (unpaired) electrons. The summed E-state index contributed by atoms with van der Waals surface area (Å²) in [5.41, 5.74) is 0. The fraction of sp³-hybridized carbons (Fsp3) is 0.714. The van der Waals surface area contributed by atoms with E-state index in [0.717, 1.165) is 30.6 Å². The van der Waals surface area contributed by atoms with Gasteiger partial charge in [-0.25, -0.2) is 13.1 Å². The van der Waals surface area contributed by atoms with Crippen LogP contribution in [0.15, 0.2) is 16.3 Å². The third kappa shape index (κ3) is 5.53. The van der Waals surface area contributed by atoms with Crippen molar-refractivity contribution in [2.45, 2.75) is 62.8 Å². The lowest BCUT2D eigenvalue weighted by atomic mass is 9.92. The predicted octanol–water partition coefficient (Wildman–Crippen LogP) is 3.65. The second-order valence-electron chi connectivity index (χ2n) is 5.30. The van der Waals surface area contributed by atoms with Crippen LogP contribution in [0.3, 0.4) is 0 Å². The summed E-state index contributed by atoms with van der Waals surface area (Å²) in [6, 6.07) is 2.57. The first kappa shape index (κ1) is 18.9. The monoisotopic (exact) mass is 353 g/mol. The second kappa shape index (κ2) is 8.48. The van der Waals surface area contributed by atoms with Gasteiger partial charge in [-0.05, 0) is 24.5 Å². The first-order valence-corrected chi connectivity index (χ1v) is 9.95. The van der Waals surface area contributed by atoms with Crippen molar-refractivity contribution >= 4 is 33.0 Å². The minimum atomic E-state index is -3.64. The SMILES string of the molecule is CCCCC(O)C(NS(=O)(=O)c1ccc(Cl)s1)[C@@H](C)CC. The Labute approximate surface area is 136 Å². The average Bonchev–Trinajstić information content (AvgIpc) is 2.88. The number of aliphatic hydroxyl groups is 1. The van der Waals surface area contributed by atoms with Crippen molar-refractivity contribution in [2.75, 3.05) is 0 Å². The fourth-order valence-electron chi connectivity index (χ4n) is 2.10. The van der Waals surface area contributed by atoms with Gasteiger partial charge in [0.05, 0.1) is 16.5 Å². The summed E-state index contributed by atoms with van der Waals surface area (Å²) in [5.74, 6) is 0.0575. The van der Waals surface area contributed by atoms with E-state index in [1.54, 1.807) is 6.07 Å². The Hall–Kier alpha value is -0.140. The number of nitrogens with one attached hydrogen (secondary N) is 1. The largest absolute Gasteiger partial charge is 0.391 e. The number of hydrogen-bond donors (Lipinski definition) is 2. The summed E-state index contributed by atoms with van der Waals surface area (Å²) in [7, 11) is -3.64. The van der Waals surface area contributed by atoms with Crippen molar-refractivity contribution in [1.82, 2.24) is 4.72 Å². The summed E-state index contributed by atoms with van der Waals surface area (Å²) in [4.78, 5) is 0. The normalized spacial score (nSPS) is 16.6. The standard InChI is InChI=1S/C14H24ClNO3S2/c1-4-6-7-11(17)14(10(3)5-2)16-21(18,19)13-9-8-12(15)20-13/h8-11,14,16-17H,4-7H2,1-3H3/t10-,11?,14?/m0/s1. The molecule has 1 heterocycles. The smallest absolute Gasteiger partial charge is 0.250 e. The van der Waals surface area contributed by atoms with Gasteiger partial charge in [0.15, 0.2) is 0 Å². The molecule has 0 aliphatic heterocycles. The van der Waals surface area contributed by atoms with Gasteiger partial charge in [0.25, 0.3) is 0 Å². The van der Waals surface area contributed by atoms with Crippen LogP contribution < -0.4 is 4.72 Å². The quantitative estimate of drug-likeness (QED) is 0.712. The van der Waals surface area contributed by atoms with Crippen LogP contribution in [0.1, 0.15) is 46.5 Å². The Morgan fingerprint density at radius 2 is 2.05 bits per heavy atom. The maximum Gasteiger partial charge on any atom is 0.250 e. The molecule has 0 aliphatic rings. The van der Waals surface area contributed by atoms with Gasteiger partial charge in [-0.15, -0.1) is 11.3 Å². The molecule has 0 aliphatic carbocycles. The Bertz CT molecular complexity index is 530. The number of rotatable bonds is 9. The van der Waals surface area contributed by atoms with E-state index < -0.39 is 22.2 Å². The molecule has 0 saturated heterocycles. The number of aliphatic hydroxyl groups excluding tert-OH is 1. The number of halogens is 1. The van der Waals surface area contributed by atoms with Gasteiger partial charge in [0.1, 0.15) is 4.21 Å². The van der Waals surface area contributed by atoms with Crippen molar-refractivity contribution in [2.24, 2.45) is 5.92 Å². The minimum Gasteiger partial charge on any atom is -0.391 e. The van der Waals surface area contributed by atoms with Crippen LogP contribution in [0.4, 0.5) is 0 Å². The zero-order chi connectivity index (χ0) is 16.0. The molecule has 21 heavy (non-hydrogen) atoms. The van der Waals surface area contributed by atoms with Gasteiger partial charge in [-0.2, -0.15) is 0 Å². The molecule has 3 atom stereocenters. The molecule has 4 nitrogen and oxygen atoms in total. The molecular weight excluding hydrogens is 330 g/mol. The summed E-state index contributed by atoms with van der Waals surface area (Å²) in [6.45, 7) is 5.98. The molecule has 0 amide bonds. The highest BCUT2D eigenvalue weighted by molar-refractivity contribution is 7.91. The lowest BCUT2D eigenvalue weighted by Gasteiger charge is -2.28. The Morgan fingerprint density at radius 1 is 1.38 bits per heavy atom. The molecule has 1 aromatic rings. The maximum absolute atomic E-state index is 12.4. The van der Waals surface area contributed by atoms with E-state index in [0.29, 0.717) is 10.8 Å². The Morgan fingerprint density at radius 3 is 2.52 bits per heavy atom. The van der Waals surface area contributed by atoms with Crippen molar-refractivity contribution in [3.05, 3.63) is 16.5 Å². The fourth-order valence-corrected chi connectivity index (χ4v) is 4.98. The van der Waals surface area contributed by atoms with Crippen molar-refractivity contribution in [1.29, 1.82) is 0 Å². The third-order valence-corrected chi connectivity index (χ3v) is 6.81.